The van der Waals surface area contributed by atoms with Crippen LogP contribution in [0.15, 0.2) is 5.34 Å². The molecule has 0 heterocycles. The summed E-state index contributed by atoms with van der Waals surface area (Å²) >= 11 is 0. The van der Waals surface area contributed by atoms with Crippen LogP contribution in [-0.2, 0) is 4.84 Å². The number of nitrogens with zero attached hydrogens (tertiary/aromatic N) is 1. The summed E-state index contributed by atoms with van der Waals surface area (Å²) in [5.41, 5.74) is 0. The molecule has 0 aromatic carbocycles. The summed E-state index contributed by atoms with van der Waals surface area (Å²) in [6.45, 7) is 2.34. The van der Waals surface area contributed by atoms with Crippen LogP contribution in [0.5, 0.6) is 0 Å². The standard InChI is InChI=1S/C3H7NO2.HI/c1-2-3-6-4-5;/h2-3H2,1H3;1H. The maximum Gasteiger partial charge on any atom is 0.155 e. The van der Waals surface area contributed by atoms with Gasteiger partial charge in [0.05, 0.1) is 0 Å². The van der Waals surface area contributed by atoms with Gasteiger partial charge in [-0.1, -0.05) is 6.92 Å². The van der Waals surface area contributed by atoms with Crippen LogP contribution in [0, 0.1) is 4.91 Å². The van der Waals surface area contributed by atoms with E-state index >= 15 is 0 Å². The molecule has 0 amide bonds. The first kappa shape index (κ1) is 10.2. The Labute approximate surface area is 59.4 Å². The van der Waals surface area contributed by atoms with Crippen molar-refractivity contribution in [3.63, 3.8) is 0 Å². The molecule has 0 aromatic rings. The minimum absolute atomic E-state index is 0. The lowest BCUT2D eigenvalue weighted by molar-refractivity contribution is 0.140. The third-order valence-corrected chi connectivity index (χ3v) is 0.348. The van der Waals surface area contributed by atoms with E-state index in [0.29, 0.717) is 6.61 Å². The van der Waals surface area contributed by atoms with Gasteiger partial charge in [-0.05, 0) is 6.42 Å². The molecule has 0 aliphatic carbocycles. The third-order valence-electron chi connectivity index (χ3n) is 0.348. The van der Waals surface area contributed by atoms with Crippen LogP contribution in [-0.4, -0.2) is 6.61 Å². The van der Waals surface area contributed by atoms with E-state index in [1.807, 2.05) is 6.92 Å². The molecule has 0 fully saturated rings. The molecule has 44 valence electrons. The average molecular weight is 217 g/mol. The zero-order valence-corrected chi connectivity index (χ0v) is 6.42. The van der Waals surface area contributed by atoms with Crippen LogP contribution in [0.3, 0.4) is 0 Å². The highest BCUT2D eigenvalue weighted by molar-refractivity contribution is 14.0. The van der Waals surface area contributed by atoms with Crippen molar-refractivity contribution in [1.29, 1.82) is 0 Å². The van der Waals surface area contributed by atoms with Gasteiger partial charge in [0, 0.05) is 0 Å². The van der Waals surface area contributed by atoms with Crippen molar-refractivity contribution in [3.05, 3.63) is 4.91 Å². The monoisotopic (exact) mass is 217 g/mol. The largest absolute Gasteiger partial charge is 0.364 e. The Morgan fingerprint density at radius 3 is 2.43 bits per heavy atom. The summed E-state index contributed by atoms with van der Waals surface area (Å²) in [7, 11) is 0. The molecule has 0 unspecified atom stereocenters. The fourth-order valence-electron chi connectivity index (χ4n) is 0.129. The molecule has 0 aliphatic heterocycles. The predicted octanol–water partition coefficient (Wildman–Crippen LogP) is 1.71. The van der Waals surface area contributed by atoms with E-state index in [9.17, 15) is 0 Å². The van der Waals surface area contributed by atoms with Crippen LogP contribution in [0.1, 0.15) is 13.3 Å². The maximum absolute atomic E-state index is 9.09. The summed E-state index contributed by atoms with van der Waals surface area (Å²) in [6, 6.07) is 0. The van der Waals surface area contributed by atoms with Gasteiger partial charge in [0.1, 0.15) is 6.61 Å². The Balaban J connectivity index is 0. The van der Waals surface area contributed by atoms with Crippen molar-refractivity contribution in [3.8, 4) is 0 Å². The van der Waals surface area contributed by atoms with Gasteiger partial charge < -0.3 is 4.84 Å². The van der Waals surface area contributed by atoms with Gasteiger partial charge in [0.15, 0.2) is 5.34 Å². The quantitative estimate of drug-likeness (QED) is 0.312. The van der Waals surface area contributed by atoms with Gasteiger partial charge in [-0.25, -0.2) is 0 Å². The number of rotatable bonds is 3. The summed E-state index contributed by atoms with van der Waals surface area (Å²) in [5.74, 6) is 0. The summed E-state index contributed by atoms with van der Waals surface area (Å²) in [6.07, 6.45) is 0.839. The van der Waals surface area contributed by atoms with E-state index in [1.54, 1.807) is 0 Å². The first-order valence-corrected chi connectivity index (χ1v) is 1.86. The van der Waals surface area contributed by atoms with Crippen LogP contribution >= 0.6 is 24.0 Å². The van der Waals surface area contributed by atoms with Crippen LogP contribution in [0.4, 0.5) is 0 Å². The van der Waals surface area contributed by atoms with Gasteiger partial charge in [-0.3, -0.25) is 0 Å². The lowest BCUT2D eigenvalue weighted by Gasteiger charge is -1.83. The Morgan fingerprint density at radius 1 is 1.71 bits per heavy atom. The Bertz CT molecular complexity index is 41.9. The smallest absolute Gasteiger partial charge is 0.155 e. The molecule has 0 saturated heterocycles. The fourth-order valence-corrected chi connectivity index (χ4v) is 0.129. The summed E-state index contributed by atoms with van der Waals surface area (Å²) in [4.78, 5) is 13.1. The van der Waals surface area contributed by atoms with Crippen molar-refractivity contribution >= 4 is 24.0 Å². The molecule has 0 atom stereocenters. The number of halogens is 1. The Morgan fingerprint density at radius 2 is 2.29 bits per heavy atom. The van der Waals surface area contributed by atoms with Crippen molar-refractivity contribution in [1.82, 2.24) is 0 Å². The number of hydrogen-bond acceptors (Lipinski definition) is 3. The predicted molar refractivity (Wildman–Crippen MR) is 37.5 cm³/mol. The lowest BCUT2D eigenvalue weighted by atomic mass is 10.5. The molecule has 0 bridgehead atoms. The topological polar surface area (TPSA) is 38.7 Å². The van der Waals surface area contributed by atoms with E-state index in [-0.39, 0.29) is 24.0 Å². The van der Waals surface area contributed by atoms with Gasteiger partial charge in [0.25, 0.3) is 0 Å². The van der Waals surface area contributed by atoms with Crippen molar-refractivity contribution in [2.24, 2.45) is 5.34 Å². The van der Waals surface area contributed by atoms with E-state index < -0.39 is 0 Å². The van der Waals surface area contributed by atoms with E-state index in [0.717, 1.165) is 6.42 Å². The van der Waals surface area contributed by atoms with Crippen LogP contribution in [0.2, 0.25) is 0 Å². The third kappa shape index (κ3) is 10.7. The first-order chi connectivity index (χ1) is 2.91. The molecule has 4 heteroatoms. The molecule has 3 nitrogen and oxygen atoms in total. The minimum atomic E-state index is 0. The van der Waals surface area contributed by atoms with Crippen LogP contribution in [0.25, 0.3) is 0 Å². The highest BCUT2D eigenvalue weighted by Crippen LogP contribution is 1.76. The Kier molecular flexibility index (Phi) is 13.8. The van der Waals surface area contributed by atoms with E-state index in [4.69, 9.17) is 4.91 Å². The van der Waals surface area contributed by atoms with Crippen molar-refractivity contribution in [2.75, 3.05) is 6.61 Å². The molecule has 0 spiro atoms. The molecular formula is C3H8INO2. The van der Waals surface area contributed by atoms with Gasteiger partial charge in [-0.2, -0.15) is 0 Å². The van der Waals surface area contributed by atoms with Gasteiger partial charge >= 0.3 is 0 Å². The fraction of sp³-hybridized carbons (Fsp3) is 1.00. The molecule has 0 N–H and O–H groups in total. The second-order valence-electron chi connectivity index (χ2n) is 0.908. The van der Waals surface area contributed by atoms with Crippen LogP contribution < -0.4 is 0 Å². The van der Waals surface area contributed by atoms with Crippen molar-refractivity contribution < 1.29 is 4.84 Å². The average Bonchev–Trinajstić information content (AvgIpc) is 1.61. The zero-order valence-electron chi connectivity index (χ0n) is 4.09. The van der Waals surface area contributed by atoms with E-state index in [1.165, 1.54) is 0 Å². The number of hydrogen-bond donors (Lipinski definition) is 0. The Hall–Kier alpha value is 0.130. The first-order valence-electron chi connectivity index (χ1n) is 1.86. The second-order valence-corrected chi connectivity index (χ2v) is 0.908. The summed E-state index contributed by atoms with van der Waals surface area (Å²) < 4.78 is 0. The molecule has 0 aromatic heterocycles. The van der Waals surface area contributed by atoms with E-state index in [2.05, 4.69) is 10.2 Å². The molecule has 0 rings (SSSR count). The molecule has 0 radical (unpaired) electrons. The molecule has 0 saturated carbocycles. The van der Waals surface area contributed by atoms with Gasteiger partial charge in [-0.15, -0.1) is 28.9 Å². The van der Waals surface area contributed by atoms with Crippen molar-refractivity contribution in [2.45, 2.75) is 13.3 Å². The highest BCUT2D eigenvalue weighted by atomic mass is 127. The SMILES string of the molecule is CCCON=O.I. The maximum atomic E-state index is 9.09. The minimum Gasteiger partial charge on any atom is -0.364 e. The highest BCUT2D eigenvalue weighted by Gasteiger charge is 1.73. The van der Waals surface area contributed by atoms with Gasteiger partial charge in [0.2, 0.25) is 0 Å². The lowest BCUT2D eigenvalue weighted by Crippen LogP contribution is -1.79. The summed E-state index contributed by atoms with van der Waals surface area (Å²) in [5, 5.41) is 2.18. The molecular weight excluding hydrogens is 209 g/mol. The normalized spacial score (nSPS) is 6.43. The molecule has 7 heavy (non-hydrogen) atoms. The molecule has 0 aliphatic rings. The second kappa shape index (κ2) is 9.46. The zero-order chi connectivity index (χ0) is 4.83.